The third-order valence-electron chi connectivity index (χ3n) is 3.35. The Bertz CT molecular complexity index is 400. The number of nitrogens with one attached hydrogen (secondary N) is 1. The van der Waals surface area contributed by atoms with Gasteiger partial charge in [0.15, 0.2) is 11.5 Å². The third kappa shape index (κ3) is 4.75. The fourth-order valence-electron chi connectivity index (χ4n) is 1.90. The molecule has 3 nitrogen and oxygen atoms in total. The minimum absolute atomic E-state index is 0.658. The lowest BCUT2D eigenvalue weighted by atomic mass is 10.1. The highest BCUT2D eigenvalue weighted by atomic mass is 16.5. The molecule has 1 N–H and O–H groups in total. The van der Waals surface area contributed by atoms with Crippen molar-refractivity contribution in [2.45, 2.75) is 45.7 Å². The zero-order valence-corrected chi connectivity index (χ0v) is 12.2. The van der Waals surface area contributed by atoms with Gasteiger partial charge in [-0.1, -0.05) is 19.9 Å². The summed E-state index contributed by atoms with van der Waals surface area (Å²) in [5.74, 6) is 2.34. The molecular weight excluding hydrogens is 238 g/mol. The largest absolute Gasteiger partial charge is 0.493 e. The summed E-state index contributed by atoms with van der Waals surface area (Å²) in [6.07, 6.45) is 3.69. The van der Waals surface area contributed by atoms with E-state index in [1.807, 2.05) is 6.07 Å². The van der Waals surface area contributed by atoms with Crippen molar-refractivity contribution in [1.82, 2.24) is 5.32 Å². The van der Waals surface area contributed by atoms with Crippen LogP contribution in [0.15, 0.2) is 18.2 Å². The molecule has 0 unspecified atom stereocenters. The van der Waals surface area contributed by atoms with E-state index in [1.165, 1.54) is 18.4 Å². The minimum Gasteiger partial charge on any atom is -0.493 e. The van der Waals surface area contributed by atoms with Crippen molar-refractivity contribution in [3.8, 4) is 11.5 Å². The van der Waals surface area contributed by atoms with Crippen LogP contribution in [0.3, 0.4) is 0 Å². The zero-order valence-electron chi connectivity index (χ0n) is 12.2. The predicted molar refractivity (Wildman–Crippen MR) is 77.8 cm³/mol. The molecule has 1 fully saturated rings. The zero-order chi connectivity index (χ0) is 13.7. The highest BCUT2D eigenvalue weighted by molar-refractivity contribution is 5.43. The topological polar surface area (TPSA) is 30.5 Å². The third-order valence-corrected chi connectivity index (χ3v) is 3.35. The summed E-state index contributed by atoms with van der Waals surface area (Å²) in [5, 5.41) is 3.52. The van der Waals surface area contributed by atoms with Gasteiger partial charge in [-0.2, -0.15) is 0 Å². The molecule has 0 heterocycles. The molecule has 0 aromatic heterocycles. The molecule has 0 bridgehead atoms. The van der Waals surface area contributed by atoms with Gasteiger partial charge < -0.3 is 14.8 Å². The molecule has 0 radical (unpaired) electrons. The molecule has 0 aliphatic heterocycles. The predicted octanol–water partition coefficient (Wildman–Crippen LogP) is 3.37. The molecule has 1 aromatic rings. The average molecular weight is 263 g/mol. The monoisotopic (exact) mass is 263 g/mol. The van der Waals surface area contributed by atoms with E-state index in [9.17, 15) is 0 Å². The SMILES string of the molecule is COc1ccc(CNC2CC2)cc1OCCC(C)C. The second kappa shape index (κ2) is 6.80. The quantitative estimate of drug-likeness (QED) is 0.780. The Labute approximate surface area is 116 Å². The number of rotatable bonds is 8. The minimum atomic E-state index is 0.658. The number of methoxy groups -OCH3 is 1. The first kappa shape index (κ1) is 14.2. The van der Waals surface area contributed by atoms with Crippen molar-refractivity contribution < 1.29 is 9.47 Å². The summed E-state index contributed by atoms with van der Waals surface area (Å²) < 4.78 is 11.2. The van der Waals surface area contributed by atoms with E-state index in [0.29, 0.717) is 5.92 Å². The molecule has 3 heteroatoms. The van der Waals surface area contributed by atoms with Crippen LogP contribution in [0.1, 0.15) is 38.7 Å². The van der Waals surface area contributed by atoms with Crippen LogP contribution in [-0.4, -0.2) is 19.8 Å². The summed E-state index contributed by atoms with van der Waals surface area (Å²) >= 11 is 0. The van der Waals surface area contributed by atoms with Gasteiger partial charge in [0.05, 0.1) is 13.7 Å². The average Bonchev–Trinajstić information content (AvgIpc) is 3.20. The van der Waals surface area contributed by atoms with Gasteiger partial charge in [0, 0.05) is 12.6 Å². The highest BCUT2D eigenvalue weighted by Crippen LogP contribution is 2.29. The second-order valence-electron chi connectivity index (χ2n) is 5.67. The van der Waals surface area contributed by atoms with Crippen LogP contribution in [0.25, 0.3) is 0 Å². The summed E-state index contributed by atoms with van der Waals surface area (Å²) in [4.78, 5) is 0. The van der Waals surface area contributed by atoms with Crippen molar-refractivity contribution in [3.05, 3.63) is 23.8 Å². The van der Waals surface area contributed by atoms with Crippen molar-refractivity contribution in [3.63, 3.8) is 0 Å². The molecule has 1 saturated carbocycles. The van der Waals surface area contributed by atoms with Gasteiger partial charge in [0.1, 0.15) is 0 Å². The summed E-state index contributed by atoms with van der Waals surface area (Å²) in [6.45, 7) is 6.07. The van der Waals surface area contributed by atoms with Crippen LogP contribution in [-0.2, 0) is 6.54 Å². The molecule has 0 spiro atoms. The van der Waals surface area contributed by atoms with Crippen LogP contribution in [0, 0.1) is 5.92 Å². The maximum absolute atomic E-state index is 5.85. The lowest BCUT2D eigenvalue weighted by Gasteiger charge is -2.13. The summed E-state index contributed by atoms with van der Waals surface area (Å²) in [7, 11) is 1.69. The van der Waals surface area contributed by atoms with Gasteiger partial charge in [0.2, 0.25) is 0 Å². The molecule has 1 aliphatic rings. The summed E-state index contributed by atoms with van der Waals surface area (Å²) in [6, 6.07) is 6.92. The number of benzene rings is 1. The Kier molecular flexibility index (Phi) is 5.08. The molecule has 19 heavy (non-hydrogen) atoms. The van der Waals surface area contributed by atoms with Crippen LogP contribution in [0.2, 0.25) is 0 Å². The molecule has 2 rings (SSSR count). The Morgan fingerprint density at radius 2 is 2.05 bits per heavy atom. The fraction of sp³-hybridized carbons (Fsp3) is 0.625. The Hall–Kier alpha value is -1.22. The molecule has 0 atom stereocenters. The second-order valence-corrected chi connectivity index (χ2v) is 5.67. The lowest BCUT2D eigenvalue weighted by molar-refractivity contribution is 0.272. The maximum Gasteiger partial charge on any atom is 0.161 e. The van der Waals surface area contributed by atoms with Crippen LogP contribution < -0.4 is 14.8 Å². The maximum atomic E-state index is 5.85. The fourth-order valence-corrected chi connectivity index (χ4v) is 1.90. The highest BCUT2D eigenvalue weighted by Gasteiger charge is 2.20. The van der Waals surface area contributed by atoms with E-state index in [2.05, 4.69) is 31.3 Å². The van der Waals surface area contributed by atoms with Gasteiger partial charge in [-0.25, -0.2) is 0 Å². The van der Waals surface area contributed by atoms with E-state index in [1.54, 1.807) is 7.11 Å². The molecule has 1 aliphatic carbocycles. The number of hydrogen-bond donors (Lipinski definition) is 1. The first-order valence-electron chi connectivity index (χ1n) is 7.22. The van der Waals surface area contributed by atoms with Gasteiger partial charge in [0.25, 0.3) is 0 Å². The first-order valence-corrected chi connectivity index (χ1v) is 7.22. The first-order chi connectivity index (χ1) is 9.19. The van der Waals surface area contributed by atoms with Gasteiger partial charge in [-0.05, 0) is 42.9 Å². The van der Waals surface area contributed by atoms with E-state index in [0.717, 1.165) is 37.1 Å². The Morgan fingerprint density at radius 3 is 2.68 bits per heavy atom. The standard InChI is InChI=1S/C16H25NO2/c1-12(2)8-9-19-16-10-13(4-7-15(16)18-3)11-17-14-5-6-14/h4,7,10,12,14,17H,5-6,8-9,11H2,1-3H3. The molecular formula is C16H25NO2. The van der Waals surface area contributed by atoms with Crippen LogP contribution in [0.4, 0.5) is 0 Å². The molecule has 106 valence electrons. The van der Waals surface area contributed by atoms with E-state index in [4.69, 9.17) is 9.47 Å². The van der Waals surface area contributed by atoms with Crippen LogP contribution >= 0.6 is 0 Å². The summed E-state index contributed by atoms with van der Waals surface area (Å²) in [5.41, 5.74) is 1.26. The normalized spacial score (nSPS) is 14.7. The number of hydrogen-bond acceptors (Lipinski definition) is 3. The Balaban J connectivity index is 1.93. The van der Waals surface area contributed by atoms with Crippen molar-refractivity contribution in [2.75, 3.05) is 13.7 Å². The molecule has 1 aromatic carbocycles. The van der Waals surface area contributed by atoms with Crippen molar-refractivity contribution >= 4 is 0 Å². The smallest absolute Gasteiger partial charge is 0.161 e. The van der Waals surface area contributed by atoms with Gasteiger partial charge in [-0.3, -0.25) is 0 Å². The van der Waals surface area contributed by atoms with E-state index >= 15 is 0 Å². The lowest BCUT2D eigenvalue weighted by Crippen LogP contribution is -2.15. The molecule has 0 amide bonds. The van der Waals surface area contributed by atoms with Crippen LogP contribution in [0.5, 0.6) is 11.5 Å². The van der Waals surface area contributed by atoms with E-state index in [-0.39, 0.29) is 0 Å². The Morgan fingerprint density at radius 1 is 1.26 bits per heavy atom. The van der Waals surface area contributed by atoms with Crippen molar-refractivity contribution in [2.24, 2.45) is 5.92 Å². The van der Waals surface area contributed by atoms with E-state index < -0.39 is 0 Å². The van der Waals surface area contributed by atoms with Gasteiger partial charge >= 0.3 is 0 Å². The number of ether oxygens (including phenoxy) is 2. The van der Waals surface area contributed by atoms with Crippen molar-refractivity contribution in [1.29, 1.82) is 0 Å². The van der Waals surface area contributed by atoms with Gasteiger partial charge in [-0.15, -0.1) is 0 Å². The molecule has 0 saturated heterocycles.